The molecular formula is C23H30ClN3O4S. The molecule has 0 atom stereocenters. The van der Waals surface area contributed by atoms with Gasteiger partial charge in [0.15, 0.2) is 0 Å². The van der Waals surface area contributed by atoms with Gasteiger partial charge in [0.05, 0.1) is 10.5 Å². The molecule has 1 aromatic heterocycles. The van der Waals surface area contributed by atoms with Crippen molar-refractivity contribution in [3.05, 3.63) is 58.4 Å². The predicted octanol–water partition coefficient (Wildman–Crippen LogP) is 3.26. The smallest absolute Gasteiger partial charge is 0.243 e. The second-order valence-corrected chi connectivity index (χ2v) is 10.9. The first-order valence-electron chi connectivity index (χ1n) is 10.7. The zero-order valence-electron chi connectivity index (χ0n) is 18.7. The highest BCUT2D eigenvalue weighted by Crippen LogP contribution is 2.32. The van der Waals surface area contributed by atoms with Gasteiger partial charge in [-0.25, -0.2) is 12.7 Å². The Balaban J connectivity index is 1.52. The Bertz CT molecular complexity index is 1070. The van der Waals surface area contributed by atoms with Gasteiger partial charge in [-0.15, -0.1) is 0 Å². The Morgan fingerprint density at radius 2 is 1.94 bits per heavy atom. The van der Waals surface area contributed by atoms with Gasteiger partial charge in [-0.2, -0.15) is 0 Å². The molecule has 9 heteroatoms. The fourth-order valence-corrected chi connectivity index (χ4v) is 5.70. The number of pyridine rings is 1. The third kappa shape index (κ3) is 5.31. The highest BCUT2D eigenvalue weighted by Gasteiger charge is 2.35. The maximum Gasteiger partial charge on any atom is 0.243 e. The zero-order valence-corrected chi connectivity index (χ0v) is 20.3. The molecule has 32 heavy (non-hydrogen) atoms. The summed E-state index contributed by atoms with van der Waals surface area (Å²) in [6.07, 6.45) is 4.91. The van der Waals surface area contributed by atoms with Crippen LogP contribution in [0.15, 0.2) is 41.6 Å². The van der Waals surface area contributed by atoms with Gasteiger partial charge >= 0.3 is 0 Å². The van der Waals surface area contributed by atoms with E-state index in [1.165, 1.54) is 11.4 Å². The molecule has 0 spiro atoms. The lowest BCUT2D eigenvalue weighted by Crippen LogP contribution is -2.45. The van der Waals surface area contributed by atoms with Crippen molar-refractivity contribution >= 4 is 27.5 Å². The minimum absolute atomic E-state index is 0.0254. The number of aromatic nitrogens is 1. The first-order chi connectivity index (χ1) is 15.0. The number of sulfonamides is 1. The molecule has 1 aromatic carbocycles. The number of nitrogens with zero attached hydrogens (tertiary/aromatic N) is 3. The molecule has 0 aliphatic carbocycles. The zero-order chi connectivity index (χ0) is 23.5. The quantitative estimate of drug-likeness (QED) is 0.658. The van der Waals surface area contributed by atoms with Crippen molar-refractivity contribution in [3.63, 3.8) is 0 Å². The summed E-state index contributed by atoms with van der Waals surface area (Å²) in [6, 6.07) is 6.89. The first kappa shape index (κ1) is 24.6. The average Bonchev–Trinajstić information content (AvgIpc) is 2.77. The van der Waals surface area contributed by atoms with E-state index in [4.69, 9.17) is 11.6 Å². The van der Waals surface area contributed by atoms with E-state index in [2.05, 4.69) is 4.98 Å². The number of aliphatic hydroxyl groups is 1. The predicted molar refractivity (Wildman–Crippen MR) is 124 cm³/mol. The third-order valence-electron chi connectivity index (χ3n) is 6.15. The van der Waals surface area contributed by atoms with Crippen LogP contribution in [0.1, 0.15) is 42.4 Å². The Morgan fingerprint density at radius 1 is 1.25 bits per heavy atom. The molecule has 1 amide bonds. The summed E-state index contributed by atoms with van der Waals surface area (Å²) in [6.45, 7) is 4.65. The molecule has 3 rings (SSSR count). The molecule has 1 saturated heterocycles. The first-order valence-corrected chi connectivity index (χ1v) is 12.5. The van der Waals surface area contributed by atoms with E-state index in [1.54, 1.807) is 49.3 Å². The monoisotopic (exact) mass is 479 g/mol. The summed E-state index contributed by atoms with van der Waals surface area (Å²) >= 11 is 6.09. The number of piperidine rings is 1. The van der Waals surface area contributed by atoms with Crippen molar-refractivity contribution in [1.82, 2.24) is 14.2 Å². The second-order valence-electron chi connectivity index (χ2n) is 8.45. The SMILES string of the molecule is Cc1cc(S(=O)(=O)N(C)CCCC(=O)N2CCC(O)(c3cccnc3)CC2)c(C)cc1Cl. The lowest BCUT2D eigenvalue weighted by molar-refractivity contribution is -0.135. The molecule has 2 heterocycles. The molecule has 0 saturated carbocycles. The fraction of sp³-hybridized carbons (Fsp3) is 0.478. The van der Waals surface area contributed by atoms with E-state index in [9.17, 15) is 18.3 Å². The van der Waals surface area contributed by atoms with Gasteiger partial charge in [-0.05, 0) is 62.4 Å². The number of hydrogen-bond donors (Lipinski definition) is 1. The van der Waals surface area contributed by atoms with E-state index in [0.29, 0.717) is 48.5 Å². The van der Waals surface area contributed by atoms with E-state index in [1.807, 2.05) is 6.07 Å². The Hall–Kier alpha value is -2.00. The molecule has 0 unspecified atom stereocenters. The summed E-state index contributed by atoms with van der Waals surface area (Å²) in [5, 5.41) is 11.4. The molecule has 1 N–H and O–H groups in total. The normalized spacial score (nSPS) is 16.4. The maximum absolute atomic E-state index is 13.0. The summed E-state index contributed by atoms with van der Waals surface area (Å²) < 4.78 is 27.2. The number of hydrogen-bond acceptors (Lipinski definition) is 5. The number of likely N-dealkylation sites (tertiary alicyclic amines) is 1. The standard InChI is InChI=1S/C23H30ClN3O4S/c1-17-15-21(18(2)14-20(17)24)32(30,31)26(3)11-5-7-22(28)27-12-8-23(29,9-13-27)19-6-4-10-25-16-19/h4,6,10,14-16,29H,5,7-9,11-13H2,1-3H3. The van der Waals surface area contributed by atoms with Gasteiger partial charge in [0.1, 0.15) is 0 Å². The topological polar surface area (TPSA) is 90.8 Å². The lowest BCUT2D eigenvalue weighted by Gasteiger charge is -2.38. The minimum Gasteiger partial charge on any atom is -0.385 e. The van der Waals surface area contributed by atoms with Crippen molar-refractivity contribution in [2.45, 2.75) is 50.0 Å². The molecule has 1 aliphatic heterocycles. The fourth-order valence-electron chi connectivity index (χ4n) is 3.98. The Labute approximate surface area is 195 Å². The van der Waals surface area contributed by atoms with Crippen molar-refractivity contribution in [1.29, 1.82) is 0 Å². The summed E-state index contributed by atoms with van der Waals surface area (Å²) in [5.41, 5.74) is 1.11. The van der Waals surface area contributed by atoms with E-state index in [-0.39, 0.29) is 23.8 Å². The van der Waals surface area contributed by atoms with Gasteiger partial charge in [-0.1, -0.05) is 17.7 Å². The molecule has 174 valence electrons. The van der Waals surface area contributed by atoms with Gasteiger partial charge in [0.2, 0.25) is 15.9 Å². The lowest BCUT2D eigenvalue weighted by atomic mass is 9.85. The van der Waals surface area contributed by atoms with Crippen molar-refractivity contribution < 1.29 is 18.3 Å². The van der Waals surface area contributed by atoms with Crippen LogP contribution < -0.4 is 0 Å². The number of amides is 1. The largest absolute Gasteiger partial charge is 0.385 e. The average molecular weight is 480 g/mol. The molecule has 1 aliphatic rings. The summed E-state index contributed by atoms with van der Waals surface area (Å²) in [7, 11) is -2.14. The van der Waals surface area contributed by atoms with Crippen LogP contribution in [0.4, 0.5) is 0 Å². The third-order valence-corrected chi connectivity index (χ3v) is 8.56. The highest BCUT2D eigenvalue weighted by atomic mass is 35.5. The van der Waals surface area contributed by atoms with Gasteiger partial charge in [0.25, 0.3) is 0 Å². The van der Waals surface area contributed by atoms with Crippen LogP contribution in [0, 0.1) is 13.8 Å². The van der Waals surface area contributed by atoms with Crippen LogP contribution in [-0.4, -0.2) is 60.3 Å². The number of aryl methyl sites for hydroxylation is 2. The van der Waals surface area contributed by atoms with Crippen LogP contribution in [-0.2, 0) is 20.4 Å². The number of benzene rings is 1. The highest BCUT2D eigenvalue weighted by molar-refractivity contribution is 7.89. The molecular weight excluding hydrogens is 450 g/mol. The number of carbonyl (C=O) groups is 1. The van der Waals surface area contributed by atoms with Gasteiger partial charge in [-0.3, -0.25) is 9.78 Å². The van der Waals surface area contributed by atoms with Crippen molar-refractivity contribution in [2.75, 3.05) is 26.7 Å². The van der Waals surface area contributed by atoms with E-state index in [0.717, 1.165) is 5.56 Å². The van der Waals surface area contributed by atoms with Crippen molar-refractivity contribution in [3.8, 4) is 0 Å². The van der Waals surface area contributed by atoms with E-state index < -0.39 is 15.6 Å². The minimum atomic E-state index is -3.67. The number of rotatable bonds is 7. The molecule has 0 radical (unpaired) electrons. The van der Waals surface area contributed by atoms with Crippen molar-refractivity contribution in [2.24, 2.45) is 0 Å². The number of halogens is 1. The second kappa shape index (κ2) is 9.87. The summed E-state index contributed by atoms with van der Waals surface area (Å²) in [5.74, 6) is -0.0254. The van der Waals surface area contributed by atoms with Crippen LogP contribution in [0.25, 0.3) is 0 Å². The maximum atomic E-state index is 13.0. The van der Waals surface area contributed by atoms with E-state index >= 15 is 0 Å². The van der Waals surface area contributed by atoms with Crippen LogP contribution in [0.5, 0.6) is 0 Å². The molecule has 1 fully saturated rings. The van der Waals surface area contributed by atoms with Crippen LogP contribution in [0.2, 0.25) is 5.02 Å². The molecule has 0 bridgehead atoms. The number of carbonyl (C=O) groups excluding carboxylic acids is 1. The molecule has 7 nitrogen and oxygen atoms in total. The molecule has 2 aromatic rings. The van der Waals surface area contributed by atoms with Gasteiger partial charge < -0.3 is 10.0 Å². The Kier molecular flexibility index (Phi) is 7.60. The van der Waals surface area contributed by atoms with Crippen LogP contribution in [0.3, 0.4) is 0 Å². The Morgan fingerprint density at radius 3 is 2.56 bits per heavy atom. The van der Waals surface area contributed by atoms with Gasteiger partial charge in [0, 0.05) is 56.1 Å². The summed E-state index contributed by atoms with van der Waals surface area (Å²) in [4.78, 5) is 18.7. The van der Waals surface area contributed by atoms with Crippen LogP contribution >= 0.6 is 11.6 Å².